The molecule has 0 spiro atoms. The molecule has 0 saturated heterocycles. The number of fused-ring (bicyclic) bond motifs is 1. The van der Waals surface area contributed by atoms with Crippen molar-refractivity contribution in [2.24, 2.45) is 5.92 Å². The number of para-hydroxylation sites is 1. The van der Waals surface area contributed by atoms with Crippen molar-refractivity contribution in [2.75, 3.05) is 6.54 Å². The highest BCUT2D eigenvalue weighted by molar-refractivity contribution is 7.10. The lowest BCUT2D eigenvalue weighted by Gasteiger charge is -2.26. The van der Waals surface area contributed by atoms with Crippen molar-refractivity contribution in [3.05, 3.63) is 51.7 Å². The summed E-state index contributed by atoms with van der Waals surface area (Å²) in [5, 5.41) is 16.1. The smallest absolute Gasteiger partial charge is 0.168 e. The van der Waals surface area contributed by atoms with Crippen LogP contribution in [0.2, 0.25) is 0 Å². The number of carbonyl (C=O) groups is 1. The molecule has 27 heavy (non-hydrogen) atoms. The maximum atomic E-state index is 12.8. The Morgan fingerprint density at radius 3 is 2.78 bits per heavy atom. The Labute approximate surface area is 170 Å². The number of rotatable bonds is 5. The van der Waals surface area contributed by atoms with Gasteiger partial charge in [-0.2, -0.15) is 0 Å². The van der Waals surface area contributed by atoms with Gasteiger partial charge in [0.05, 0.1) is 0 Å². The fraction of sp³-hybridized carbons (Fsp3) is 0.476. The van der Waals surface area contributed by atoms with Crippen LogP contribution in [0.5, 0.6) is 5.75 Å². The Kier molecular flexibility index (Phi) is 6.58. The van der Waals surface area contributed by atoms with Crippen LogP contribution in [0.3, 0.4) is 0 Å². The molecular formula is C21H26ClNO3S. The third kappa shape index (κ3) is 4.21. The fourth-order valence-corrected chi connectivity index (χ4v) is 5.16. The first kappa shape index (κ1) is 20.3. The molecule has 2 N–H and O–H groups in total. The number of aryl methyl sites for hydroxylation is 2. The molecule has 0 bridgehead atoms. The summed E-state index contributed by atoms with van der Waals surface area (Å²) in [5.74, 6) is 1.07. The topological polar surface area (TPSA) is 58.6 Å². The van der Waals surface area contributed by atoms with Crippen LogP contribution in [0.1, 0.15) is 40.1 Å². The van der Waals surface area contributed by atoms with Gasteiger partial charge in [0.25, 0.3) is 0 Å². The van der Waals surface area contributed by atoms with E-state index in [-0.39, 0.29) is 36.3 Å². The molecule has 0 aliphatic heterocycles. The van der Waals surface area contributed by atoms with Crippen molar-refractivity contribution >= 4 is 29.5 Å². The standard InChI is InChI=1S/C21H25NO3S.ClH/c1-13-12-26-18-10-7-14(20(23)19(13)18)11-22-16-8-9-17(21(16)24)25-15-5-3-2-4-6-15;/h2-6,12,14,16-17,21-22,24H,7-11H2,1H3;1H. The molecule has 4 atom stereocenters. The molecule has 2 aromatic rings. The van der Waals surface area contributed by atoms with E-state index < -0.39 is 6.10 Å². The molecule has 2 aliphatic rings. The highest BCUT2D eigenvalue weighted by atomic mass is 35.5. The number of halogens is 1. The molecular weight excluding hydrogens is 382 g/mol. The molecule has 0 radical (unpaired) electrons. The number of benzene rings is 1. The van der Waals surface area contributed by atoms with Gasteiger partial charge in [0.2, 0.25) is 0 Å². The van der Waals surface area contributed by atoms with Crippen LogP contribution < -0.4 is 10.1 Å². The molecule has 1 fully saturated rings. The minimum Gasteiger partial charge on any atom is -0.488 e. The predicted molar refractivity (Wildman–Crippen MR) is 110 cm³/mol. The maximum Gasteiger partial charge on any atom is 0.168 e. The summed E-state index contributed by atoms with van der Waals surface area (Å²) in [6.45, 7) is 2.66. The largest absolute Gasteiger partial charge is 0.488 e. The van der Waals surface area contributed by atoms with Gasteiger partial charge in [0.1, 0.15) is 18.0 Å². The molecule has 0 amide bonds. The minimum absolute atomic E-state index is 0. The van der Waals surface area contributed by atoms with Gasteiger partial charge in [-0.1, -0.05) is 18.2 Å². The highest BCUT2D eigenvalue weighted by Crippen LogP contribution is 2.33. The third-order valence-electron chi connectivity index (χ3n) is 5.60. The number of aliphatic hydroxyl groups is 1. The van der Waals surface area contributed by atoms with E-state index in [0.717, 1.165) is 42.6 Å². The molecule has 6 heteroatoms. The van der Waals surface area contributed by atoms with Gasteiger partial charge in [-0.15, -0.1) is 23.7 Å². The predicted octanol–water partition coefficient (Wildman–Crippen LogP) is 3.78. The van der Waals surface area contributed by atoms with E-state index in [1.807, 2.05) is 37.3 Å². The van der Waals surface area contributed by atoms with E-state index in [4.69, 9.17) is 4.74 Å². The number of thiophene rings is 1. The van der Waals surface area contributed by atoms with Gasteiger partial charge in [-0.3, -0.25) is 4.79 Å². The molecule has 2 aliphatic carbocycles. The highest BCUT2D eigenvalue weighted by Gasteiger charge is 2.37. The van der Waals surface area contributed by atoms with Crippen LogP contribution >= 0.6 is 23.7 Å². The van der Waals surface area contributed by atoms with E-state index in [9.17, 15) is 9.90 Å². The molecule has 1 saturated carbocycles. The summed E-state index contributed by atoms with van der Waals surface area (Å²) in [7, 11) is 0. The zero-order valence-corrected chi connectivity index (χ0v) is 17.0. The normalized spacial score (nSPS) is 27.1. The maximum absolute atomic E-state index is 12.8. The molecule has 4 rings (SSSR count). The number of ether oxygens (including phenoxy) is 1. The molecule has 4 unspecified atom stereocenters. The summed E-state index contributed by atoms with van der Waals surface area (Å²) in [4.78, 5) is 14.0. The minimum atomic E-state index is -0.549. The number of hydrogen-bond acceptors (Lipinski definition) is 5. The van der Waals surface area contributed by atoms with Crippen LogP contribution in [0.4, 0.5) is 0 Å². The van der Waals surface area contributed by atoms with Crippen molar-refractivity contribution in [2.45, 2.75) is 50.9 Å². The van der Waals surface area contributed by atoms with E-state index >= 15 is 0 Å². The van der Waals surface area contributed by atoms with Crippen LogP contribution in [0, 0.1) is 12.8 Å². The summed E-state index contributed by atoms with van der Waals surface area (Å²) >= 11 is 1.70. The summed E-state index contributed by atoms with van der Waals surface area (Å²) < 4.78 is 5.93. The Morgan fingerprint density at radius 2 is 2.00 bits per heavy atom. The van der Waals surface area contributed by atoms with Crippen molar-refractivity contribution in [3.8, 4) is 5.75 Å². The fourth-order valence-electron chi connectivity index (χ4n) is 4.11. The van der Waals surface area contributed by atoms with Crippen molar-refractivity contribution in [1.82, 2.24) is 5.32 Å². The summed E-state index contributed by atoms with van der Waals surface area (Å²) in [5.41, 5.74) is 2.06. The van der Waals surface area contributed by atoms with Gasteiger partial charge in [-0.25, -0.2) is 0 Å². The van der Waals surface area contributed by atoms with Crippen molar-refractivity contribution < 1.29 is 14.6 Å². The lowest BCUT2D eigenvalue weighted by Crippen LogP contribution is -2.44. The Balaban J connectivity index is 0.00000210. The molecule has 4 nitrogen and oxygen atoms in total. The second-order valence-electron chi connectivity index (χ2n) is 7.37. The first-order valence-electron chi connectivity index (χ1n) is 9.38. The number of Topliss-reactive ketones (excluding diaryl/α,β-unsaturated/α-hetero) is 1. The van der Waals surface area contributed by atoms with Gasteiger partial charge in [0, 0.05) is 28.9 Å². The Morgan fingerprint density at radius 1 is 1.22 bits per heavy atom. The monoisotopic (exact) mass is 407 g/mol. The van der Waals surface area contributed by atoms with Gasteiger partial charge in [-0.05, 0) is 55.7 Å². The number of aliphatic hydroxyl groups excluding tert-OH is 1. The van der Waals surface area contributed by atoms with E-state index in [1.54, 1.807) is 11.3 Å². The summed E-state index contributed by atoms with van der Waals surface area (Å²) in [6.07, 6.45) is 2.82. The van der Waals surface area contributed by atoms with E-state index in [1.165, 1.54) is 4.88 Å². The number of nitrogens with one attached hydrogen (secondary N) is 1. The molecule has 146 valence electrons. The zero-order valence-electron chi connectivity index (χ0n) is 15.4. The van der Waals surface area contributed by atoms with Crippen molar-refractivity contribution in [3.63, 3.8) is 0 Å². The Hall–Kier alpha value is -1.40. The summed E-state index contributed by atoms with van der Waals surface area (Å²) in [6, 6.07) is 9.62. The quantitative estimate of drug-likeness (QED) is 0.791. The van der Waals surface area contributed by atoms with Gasteiger partial charge in [0.15, 0.2) is 5.78 Å². The first-order valence-corrected chi connectivity index (χ1v) is 10.3. The van der Waals surface area contributed by atoms with Gasteiger partial charge >= 0.3 is 0 Å². The lowest BCUT2D eigenvalue weighted by atomic mass is 9.85. The second-order valence-corrected chi connectivity index (χ2v) is 8.33. The molecule has 1 aromatic carbocycles. The number of carbonyl (C=O) groups excluding carboxylic acids is 1. The Bertz CT molecular complexity index is 779. The zero-order chi connectivity index (χ0) is 18.1. The van der Waals surface area contributed by atoms with Crippen LogP contribution in [-0.4, -0.2) is 35.7 Å². The average molecular weight is 408 g/mol. The van der Waals surface area contributed by atoms with Crippen LogP contribution in [0.25, 0.3) is 0 Å². The van der Waals surface area contributed by atoms with Crippen molar-refractivity contribution in [1.29, 1.82) is 0 Å². The van der Waals surface area contributed by atoms with Gasteiger partial charge < -0.3 is 15.2 Å². The first-order chi connectivity index (χ1) is 12.6. The number of ketones is 1. The van der Waals surface area contributed by atoms with E-state index in [2.05, 4.69) is 10.7 Å². The third-order valence-corrected chi connectivity index (χ3v) is 6.76. The SMILES string of the molecule is Cc1csc2c1C(=O)C(CNC1CCC(Oc3ccccc3)C1O)CC2.Cl. The van der Waals surface area contributed by atoms with E-state index in [0.29, 0.717) is 6.54 Å². The average Bonchev–Trinajstić information content (AvgIpc) is 3.20. The second kappa shape index (κ2) is 8.74. The van der Waals surface area contributed by atoms with Crippen LogP contribution in [0.15, 0.2) is 35.7 Å². The molecule has 1 heterocycles. The lowest BCUT2D eigenvalue weighted by molar-refractivity contribution is 0.0441. The molecule has 1 aromatic heterocycles. The van der Waals surface area contributed by atoms with Crippen LogP contribution in [-0.2, 0) is 6.42 Å². The number of hydrogen-bond donors (Lipinski definition) is 2.